The molecule has 6 heteroatoms. The standard InChI is InChI=1S/C25H40O6/c1-30-20-9-7-8-18(16-20)12-13-19(26)14-15-22-21(23(27)17-24(22)28)10-5-3-4-6-11-25(29)31-2/h7-9,16,19,21-24,26-28H,3-6,10-15,17H2,1-2H3. The van der Waals surface area contributed by atoms with Crippen molar-refractivity contribution in [3.05, 3.63) is 29.8 Å². The Morgan fingerprint density at radius 2 is 1.74 bits per heavy atom. The van der Waals surface area contributed by atoms with E-state index in [4.69, 9.17) is 4.74 Å². The van der Waals surface area contributed by atoms with Gasteiger partial charge in [0.05, 0.1) is 32.5 Å². The molecule has 1 aliphatic carbocycles. The molecule has 5 unspecified atom stereocenters. The van der Waals surface area contributed by atoms with E-state index in [0.717, 1.165) is 56.3 Å². The summed E-state index contributed by atoms with van der Waals surface area (Å²) in [7, 11) is 3.05. The number of unbranched alkanes of at least 4 members (excludes halogenated alkanes) is 3. The lowest BCUT2D eigenvalue weighted by atomic mass is 9.84. The number of aryl methyl sites for hydroxylation is 1. The average molecular weight is 437 g/mol. The summed E-state index contributed by atoms with van der Waals surface area (Å²) >= 11 is 0. The third kappa shape index (κ3) is 8.79. The molecule has 1 aromatic rings. The van der Waals surface area contributed by atoms with Crippen LogP contribution in [0.5, 0.6) is 5.75 Å². The van der Waals surface area contributed by atoms with Crippen molar-refractivity contribution < 1.29 is 29.6 Å². The molecule has 0 bridgehead atoms. The number of methoxy groups -OCH3 is 2. The monoisotopic (exact) mass is 436 g/mol. The van der Waals surface area contributed by atoms with Crippen LogP contribution in [0, 0.1) is 11.8 Å². The molecular formula is C25H40O6. The average Bonchev–Trinajstić information content (AvgIpc) is 3.05. The molecule has 0 amide bonds. The molecule has 0 saturated heterocycles. The van der Waals surface area contributed by atoms with Gasteiger partial charge < -0.3 is 24.8 Å². The fourth-order valence-electron chi connectivity index (χ4n) is 4.78. The van der Waals surface area contributed by atoms with Crippen molar-refractivity contribution in [1.82, 2.24) is 0 Å². The van der Waals surface area contributed by atoms with Crippen LogP contribution in [-0.2, 0) is 16.0 Å². The van der Waals surface area contributed by atoms with Gasteiger partial charge in [-0.05, 0) is 74.5 Å². The van der Waals surface area contributed by atoms with Gasteiger partial charge in [-0.15, -0.1) is 0 Å². The molecule has 176 valence electrons. The maximum absolute atomic E-state index is 11.1. The van der Waals surface area contributed by atoms with Crippen molar-refractivity contribution in [1.29, 1.82) is 0 Å². The molecule has 1 saturated carbocycles. The van der Waals surface area contributed by atoms with Crippen molar-refractivity contribution in [3.8, 4) is 5.75 Å². The molecule has 0 aromatic heterocycles. The number of rotatable bonds is 14. The Bertz CT molecular complexity index is 649. The van der Waals surface area contributed by atoms with Crippen LogP contribution < -0.4 is 4.74 Å². The Kier molecular flexibility index (Phi) is 11.3. The highest BCUT2D eigenvalue weighted by molar-refractivity contribution is 5.68. The summed E-state index contributed by atoms with van der Waals surface area (Å²) in [5.74, 6) is 0.778. The Labute approximate surface area is 186 Å². The van der Waals surface area contributed by atoms with Crippen LogP contribution >= 0.6 is 0 Å². The minimum atomic E-state index is -0.495. The molecule has 0 heterocycles. The first-order valence-electron chi connectivity index (χ1n) is 11.7. The van der Waals surface area contributed by atoms with Crippen molar-refractivity contribution in [2.24, 2.45) is 11.8 Å². The smallest absolute Gasteiger partial charge is 0.305 e. The Morgan fingerprint density at radius 3 is 2.45 bits per heavy atom. The van der Waals surface area contributed by atoms with E-state index in [9.17, 15) is 20.1 Å². The van der Waals surface area contributed by atoms with Crippen molar-refractivity contribution in [2.75, 3.05) is 14.2 Å². The van der Waals surface area contributed by atoms with Gasteiger partial charge in [-0.1, -0.05) is 31.4 Å². The first-order valence-corrected chi connectivity index (χ1v) is 11.7. The maximum Gasteiger partial charge on any atom is 0.305 e. The molecule has 3 N–H and O–H groups in total. The molecule has 6 nitrogen and oxygen atoms in total. The SMILES string of the molecule is COC(=O)CCCCCCC1C(O)CC(O)C1CCC(O)CCc1cccc(OC)c1. The zero-order chi connectivity index (χ0) is 22.6. The third-order valence-electron chi connectivity index (χ3n) is 6.65. The summed E-state index contributed by atoms with van der Waals surface area (Å²) in [5, 5.41) is 31.3. The highest BCUT2D eigenvalue weighted by Crippen LogP contribution is 2.39. The van der Waals surface area contributed by atoms with Gasteiger partial charge in [0.25, 0.3) is 0 Å². The summed E-state index contributed by atoms with van der Waals surface area (Å²) in [6, 6.07) is 7.89. The molecule has 2 rings (SSSR count). The predicted molar refractivity (Wildman–Crippen MR) is 120 cm³/mol. The molecule has 1 aliphatic rings. The second-order valence-electron chi connectivity index (χ2n) is 8.85. The van der Waals surface area contributed by atoms with Crippen LogP contribution in [0.25, 0.3) is 0 Å². The number of benzene rings is 1. The van der Waals surface area contributed by atoms with Gasteiger partial charge in [0, 0.05) is 6.42 Å². The van der Waals surface area contributed by atoms with Gasteiger partial charge in [0.1, 0.15) is 5.75 Å². The van der Waals surface area contributed by atoms with Gasteiger partial charge in [0.15, 0.2) is 0 Å². The van der Waals surface area contributed by atoms with Gasteiger partial charge >= 0.3 is 5.97 Å². The summed E-state index contributed by atoms with van der Waals surface area (Å²) in [6.45, 7) is 0. The number of aliphatic hydroxyl groups excluding tert-OH is 3. The number of aliphatic hydroxyl groups is 3. The fraction of sp³-hybridized carbons (Fsp3) is 0.720. The summed E-state index contributed by atoms with van der Waals surface area (Å²) in [4.78, 5) is 11.1. The number of esters is 1. The Balaban J connectivity index is 1.70. The van der Waals surface area contributed by atoms with Crippen LogP contribution in [-0.4, -0.2) is 53.8 Å². The number of hydrogen-bond donors (Lipinski definition) is 3. The maximum atomic E-state index is 11.1. The predicted octanol–water partition coefficient (Wildman–Crippen LogP) is 3.64. The molecule has 0 aliphatic heterocycles. The highest BCUT2D eigenvalue weighted by Gasteiger charge is 2.40. The minimum Gasteiger partial charge on any atom is -0.497 e. The summed E-state index contributed by atoms with van der Waals surface area (Å²) < 4.78 is 9.90. The molecule has 1 fully saturated rings. The van der Waals surface area contributed by atoms with E-state index in [-0.39, 0.29) is 17.8 Å². The number of carbonyl (C=O) groups is 1. The largest absolute Gasteiger partial charge is 0.497 e. The first-order chi connectivity index (χ1) is 14.9. The zero-order valence-corrected chi connectivity index (χ0v) is 19.0. The lowest BCUT2D eigenvalue weighted by Gasteiger charge is -2.24. The molecule has 31 heavy (non-hydrogen) atoms. The lowest BCUT2D eigenvalue weighted by Crippen LogP contribution is -2.24. The first kappa shape index (κ1) is 25.6. The minimum absolute atomic E-state index is 0.0385. The van der Waals surface area contributed by atoms with Crippen LogP contribution in [0.2, 0.25) is 0 Å². The second-order valence-corrected chi connectivity index (χ2v) is 8.85. The molecular weight excluding hydrogens is 396 g/mol. The van der Waals surface area contributed by atoms with Gasteiger partial charge in [-0.25, -0.2) is 0 Å². The molecule has 1 aromatic carbocycles. The van der Waals surface area contributed by atoms with Crippen molar-refractivity contribution in [3.63, 3.8) is 0 Å². The van der Waals surface area contributed by atoms with E-state index in [1.807, 2.05) is 24.3 Å². The topological polar surface area (TPSA) is 96.2 Å². The van der Waals surface area contributed by atoms with Crippen LogP contribution in [0.15, 0.2) is 24.3 Å². The van der Waals surface area contributed by atoms with E-state index in [1.165, 1.54) is 7.11 Å². The second kappa shape index (κ2) is 13.7. The van der Waals surface area contributed by atoms with Crippen LogP contribution in [0.3, 0.4) is 0 Å². The summed E-state index contributed by atoms with van der Waals surface area (Å²) in [6.07, 6.45) is 6.96. The number of carbonyl (C=O) groups excluding carboxylic acids is 1. The normalized spacial score (nSPS) is 24.2. The number of ether oxygens (including phenoxy) is 2. The highest BCUT2D eigenvalue weighted by atomic mass is 16.5. The van der Waals surface area contributed by atoms with Gasteiger partial charge in [-0.3, -0.25) is 4.79 Å². The summed E-state index contributed by atoms with van der Waals surface area (Å²) in [5.41, 5.74) is 1.14. The Hall–Kier alpha value is -1.63. The van der Waals surface area contributed by atoms with Crippen molar-refractivity contribution >= 4 is 5.97 Å². The van der Waals surface area contributed by atoms with E-state index >= 15 is 0 Å². The van der Waals surface area contributed by atoms with E-state index in [2.05, 4.69) is 4.74 Å². The van der Waals surface area contributed by atoms with Gasteiger partial charge in [-0.2, -0.15) is 0 Å². The number of hydrogen-bond acceptors (Lipinski definition) is 6. The molecule has 0 spiro atoms. The lowest BCUT2D eigenvalue weighted by molar-refractivity contribution is -0.140. The van der Waals surface area contributed by atoms with E-state index in [1.54, 1.807) is 7.11 Å². The third-order valence-corrected chi connectivity index (χ3v) is 6.65. The Morgan fingerprint density at radius 1 is 1.03 bits per heavy atom. The quantitative estimate of drug-likeness (QED) is 0.304. The fourth-order valence-corrected chi connectivity index (χ4v) is 4.78. The van der Waals surface area contributed by atoms with E-state index < -0.39 is 18.3 Å². The van der Waals surface area contributed by atoms with E-state index in [0.29, 0.717) is 25.7 Å². The van der Waals surface area contributed by atoms with Crippen LogP contribution in [0.4, 0.5) is 0 Å². The van der Waals surface area contributed by atoms with Gasteiger partial charge in [0.2, 0.25) is 0 Å². The van der Waals surface area contributed by atoms with Crippen LogP contribution in [0.1, 0.15) is 69.8 Å². The molecule has 0 radical (unpaired) electrons. The zero-order valence-electron chi connectivity index (χ0n) is 19.0. The van der Waals surface area contributed by atoms with Crippen molar-refractivity contribution in [2.45, 2.75) is 88.9 Å². The molecule has 5 atom stereocenters.